The molecule has 0 aromatic carbocycles. The zero-order valence-corrected chi connectivity index (χ0v) is 8.72. The van der Waals surface area contributed by atoms with Gasteiger partial charge in [-0.1, -0.05) is 19.8 Å². The zero-order chi connectivity index (χ0) is 8.69. The fraction of sp³-hybridized carbons (Fsp3) is 1.00. The van der Waals surface area contributed by atoms with E-state index in [1.54, 1.807) is 0 Å². The lowest BCUT2D eigenvalue weighted by Crippen LogP contribution is -1.95. The van der Waals surface area contributed by atoms with Crippen molar-refractivity contribution in [3.63, 3.8) is 0 Å². The average Bonchev–Trinajstić information content (AvgIpc) is 1.86. The highest BCUT2D eigenvalue weighted by atomic mass is 31.1. The van der Waals surface area contributed by atoms with Crippen LogP contribution in [0.3, 0.4) is 0 Å². The van der Waals surface area contributed by atoms with Crippen LogP contribution in [0.25, 0.3) is 0 Å². The smallest absolute Gasteiger partial charge is 0.191 e. The second kappa shape index (κ2) is 6.87. The van der Waals surface area contributed by atoms with Crippen LogP contribution in [-0.4, -0.2) is 12.3 Å². The van der Waals surface area contributed by atoms with Crippen molar-refractivity contribution < 1.29 is 9.09 Å². The molecule has 0 saturated carbocycles. The zero-order valence-electron chi connectivity index (χ0n) is 7.72. The molecule has 1 unspecified atom stereocenters. The first-order chi connectivity index (χ1) is 5.16. The van der Waals surface area contributed by atoms with E-state index in [0.29, 0.717) is 0 Å². The van der Waals surface area contributed by atoms with Crippen molar-refractivity contribution in [1.29, 1.82) is 0 Å². The Morgan fingerprint density at radius 1 is 1.36 bits per heavy atom. The van der Waals surface area contributed by atoms with Crippen LogP contribution in [0.1, 0.15) is 40.0 Å². The molecule has 0 aliphatic carbocycles. The Hall–Kier alpha value is 0.190. The van der Waals surface area contributed by atoms with E-state index < -0.39 is 8.03 Å². The minimum atomic E-state index is -1.71. The third kappa shape index (κ3) is 8.09. The molecule has 0 aromatic rings. The van der Waals surface area contributed by atoms with E-state index >= 15 is 0 Å². The Balaban J connectivity index is 3.23. The Morgan fingerprint density at radius 2 is 2.00 bits per heavy atom. The van der Waals surface area contributed by atoms with Crippen molar-refractivity contribution in [1.82, 2.24) is 0 Å². The van der Waals surface area contributed by atoms with Gasteiger partial charge in [-0.3, -0.25) is 4.57 Å². The molecule has 0 N–H and O–H groups in total. The number of hydrogen-bond acceptors (Lipinski definition) is 2. The number of unbranched alkanes of at least 4 members (excludes halogenated alkanes) is 2. The van der Waals surface area contributed by atoms with E-state index in [1.165, 1.54) is 6.42 Å². The van der Waals surface area contributed by atoms with E-state index in [2.05, 4.69) is 6.92 Å². The summed E-state index contributed by atoms with van der Waals surface area (Å²) in [7, 11) is -1.71. The van der Waals surface area contributed by atoms with E-state index in [-0.39, 0.29) is 6.10 Å². The largest absolute Gasteiger partial charge is 0.328 e. The van der Waals surface area contributed by atoms with Crippen LogP contribution in [0, 0.1) is 0 Å². The quantitative estimate of drug-likeness (QED) is 0.461. The summed E-state index contributed by atoms with van der Waals surface area (Å²) < 4.78 is 16.2. The number of hydrogen-bond donors (Lipinski definition) is 0. The average molecular weight is 178 g/mol. The van der Waals surface area contributed by atoms with Gasteiger partial charge in [0.1, 0.15) is 0 Å². The predicted molar refractivity (Wildman–Crippen MR) is 49.6 cm³/mol. The van der Waals surface area contributed by atoms with Crippen LogP contribution in [-0.2, 0) is 9.09 Å². The molecule has 0 spiro atoms. The summed E-state index contributed by atoms with van der Waals surface area (Å²) >= 11 is 0. The van der Waals surface area contributed by atoms with Gasteiger partial charge in [-0.2, -0.15) is 0 Å². The van der Waals surface area contributed by atoms with Crippen LogP contribution in [0.4, 0.5) is 0 Å². The van der Waals surface area contributed by atoms with Crippen molar-refractivity contribution in [3.05, 3.63) is 0 Å². The van der Waals surface area contributed by atoms with Crippen molar-refractivity contribution in [3.8, 4) is 0 Å². The molecule has 0 bridgehead atoms. The van der Waals surface area contributed by atoms with Gasteiger partial charge in [0.15, 0.2) is 8.03 Å². The molecule has 0 fully saturated rings. The second-order valence-electron chi connectivity index (χ2n) is 3.00. The number of rotatable bonds is 6. The Bertz CT molecular complexity index is 113. The van der Waals surface area contributed by atoms with Crippen molar-refractivity contribution in [2.45, 2.75) is 46.1 Å². The van der Waals surface area contributed by atoms with Gasteiger partial charge in [0.25, 0.3) is 0 Å². The summed E-state index contributed by atoms with van der Waals surface area (Å²) in [6.07, 6.45) is 4.26. The third-order valence-electron chi connectivity index (χ3n) is 1.35. The first kappa shape index (κ1) is 11.2. The maximum absolute atomic E-state index is 11.1. The van der Waals surface area contributed by atoms with Crippen molar-refractivity contribution >= 4 is 8.03 Å². The standard InChI is InChI=1S/C8H19O2P/c1-4-5-6-7-11(9)10-8(2)3/h8,11H,4-7H2,1-3H3. The second-order valence-corrected chi connectivity index (χ2v) is 4.48. The summed E-state index contributed by atoms with van der Waals surface area (Å²) in [6.45, 7) is 5.98. The van der Waals surface area contributed by atoms with Crippen LogP contribution in [0.5, 0.6) is 0 Å². The molecule has 68 valence electrons. The van der Waals surface area contributed by atoms with E-state index in [4.69, 9.17) is 4.52 Å². The molecule has 0 heterocycles. The van der Waals surface area contributed by atoms with Gasteiger partial charge in [0.05, 0.1) is 6.10 Å². The highest BCUT2D eigenvalue weighted by Gasteiger charge is 2.01. The summed E-state index contributed by atoms with van der Waals surface area (Å²) in [5, 5.41) is 0. The molecule has 3 heteroatoms. The van der Waals surface area contributed by atoms with Gasteiger partial charge in [-0.15, -0.1) is 0 Å². The van der Waals surface area contributed by atoms with Gasteiger partial charge < -0.3 is 4.52 Å². The Morgan fingerprint density at radius 3 is 2.45 bits per heavy atom. The van der Waals surface area contributed by atoms with Gasteiger partial charge in [-0.05, 0) is 20.3 Å². The molecule has 11 heavy (non-hydrogen) atoms. The predicted octanol–water partition coefficient (Wildman–Crippen LogP) is 3.08. The summed E-state index contributed by atoms with van der Waals surface area (Å²) in [5.41, 5.74) is 0. The summed E-state index contributed by atoms with van der Waals surface area (Å²) in [5.74, 6) is 0. The van der Waals surface area contributed by atoms with Crippen LogP contribution in [0.15, 0.2) is 0 Å². The lowest BCUT2D eigenvalue weighted by Gasteiger charge is -2.06. The topological polar surface area (TPSA) is 26.3 Å². The monoisotopic (exact) mass is 178 g/mol. The Kier molecular flexibility index (Phi) is 6.99. The summed E-state index contributed by atoms with van der Waals surface area (Å²) in [6, 6.07) is 0. The molecule has 2 nitrogen and oxygen atoms in total. The lowest BCUT2D eigenvalue weighted by molar-refractivity contribution is 0.255. The molecular weight excluding hydrogens is 159 g/mol. The van der Waals surface area contributed by atoms with E-state index in [1.807, 2.05) is 13.8 Å². The summed E-state index contributed by atoms with van der Waals surface area (Å²) in [4.78, 5) is 0. The fourth-order valence-electron chi connectivity index (χ4n) is 0.841. The fourth-order valence-corrected chi connectivity index (χ4v) is 2.02. The first-order valence-corrected chi connectivity index (χ1v) is 5.88. The van der Waals surface area contributed by atoms with Crippen LogP contribution < -0.4 is 0 Å². The SMILES string of the molecule is CCCCC[PH](=O)OC(C)C. The van der Waals surface area contributed by atoms with Gasteiger partial charge in [0.2, 0.25) is 0 Å². The van der Waals surface area contributed by atoms with Crippen LogP contribution >= 0.6 is 8.03 Å². The molecule has 0 aliphatic heterocycles. The minimum absolute atomic E-state index is 0.114. The van der Waals surface area contributed by atoms with Crippen LogP contribution in [0.2, 0.25) is 0 Å². The molecule has 0 radical (unpaired) electrons. The van der Waals surface area contributed by atoms with Gasteiger partial charge in [0, 0.05) is 6.16 Å². The third-order valence-corrected chi connectivity index (χ3v) is 2.85. The molecule has 0 saturated heterocycles. The molecular formula is C8H19O2P. The molecule has 0 amide bonds. The van der Waals surface area contributed by atoms with Crippen molar-refractivity contribution in [2.24, 2.45) is 0 Å². The molecule has 0 aromatic heterocycles. The normalized spacial score (nSPS) is 13.8. The molecule has 0 rings (SSSR count). The lowest BCUT2D eigenvalue weighted by atomic mass is 10.3. The maximum atomic E-state index is 11.1. The highest BCUT2D eigenvalue weighted by molar-refractivity contribution is 7.39. The molecule has 1 atom stereocenters. The Labute approximate surface area is 70.2 Å². The molecule has 0 aliphatic rings. The maximum Gasteiger partial charge on any atom is 0.191 e. The van der Waals surface area contributed by atoms with Gasteiger partial charge >= 0.3 is 0 Å². The highest BCUT2D eigenvalue weighted by Crippen LogP contribution is 2.25. The van der Waals surface area contributed by atoms with Gasteiger partial charge in [-0.25, -0.2) is 0 Å². The van der Waals surface area contributed by atoms with E-state index in [9.17, 15) is 4.57 Å². The van der Waals surface area contributed by atoms with Crippen molar-refractivity contribution in [2.75, 3.05) is 6.16 Å². The minimum Gasteiger partial charge on any atom is -0.328 e. The van der Waals surface area contributed by atoms with E-state index in [0.717, 1.165) is 19.0 Å². The first-order valence-electron chi connectivity index (χ1n) is 4.36.